The van der Waals surface area contributed by atoms with Crippen LogP contribution in [0.2, 0.25) is 0 Å². The molecule has 1 saturated carbocycles. The summed E-state index contributed by atoms with van der Waals surface area (Å²) in [4.78, 5) is 0. The van der Waals surface area contributed by atoms with Crippen LogP contribution in [0.3, 0.4) is 0 Å². The molecule has 70 valence electrons. The minimum atomic E-state index is 0.129. The third-order valence-corrected chi connectivity index (χ3v) is 4.09. The fraction of sp³-hybridized carbons (Fsp3) is 0.818. The highest BCUT2D eigenvalue weighted by atomic mass is 15.3. The maximum atomic E-state index is 9.91. The molecular formula is C11H16N2. The molecule has 0 N–H and O–H groups in total. The molecule has 0 radical (unpaired) electrons. The van der Waals surface area contributed by atoms with Crippen molar-refractivity contribution in [2.45, 2.75) is 56.9 Å². The van der Waals surface area contributed by atoms with Crippen LogP contribution < -0.4 is 0 Å². The molecule has 0 aromatic rings. The fourth-order valence-electron chi connectivity index (χ4n) is 3.45. The lowest BCUT2D eigenvalue weighted by Crippen LogP contribution is -2.53. The molecule has 0 amide bonds. The lowest BCUT2D eigenvalue weighted by Gasteiger charge is -2.47. The van der Waals surface area contributed by atoms with Crippen LogP contribution in [0.25, 0.3) is 5.53 Å². The maximum Gasteiger partial charge on any atom is 0.183 e. The molecule has 0 aromatic heterocycles. The minimum absolute atomic E-state index is 0.129. The number of hydrogen-bond donors (Lipinski definition) is 0. The first-order valence-electron chi connectivity index (χ1n) is 5.56. The van der Waals surface area contributed by atoms with Gasteiger partial charge < -0.3 is 5.53 Å². The summed E-state index contributed by atoms with van der Waals surface area (Å²) < 4.78 is 1.61. The Morgan fingerprint density at radius 1 is 1.00 bits per heavy atom. The van der Waals surface area contributed by atoms with Gasteiger partial charge in [0.1, 0.15) is 0 Å². The lowest BCUT2D eigenvalue weighted by atomic mass is 9.68. The van der Waals surface area contributed by atoms with Crippen molar-refractivity contribution >= 4 is 0 Å². The van der Waals surface area contributed by atoms with Crippen LogP contribution in [0.1, 0.15) is 51.4 Å². The van der Waals surface area contributed by atoms with Gasteiger partial charge in [-0.3, -0.25) is 4.70 Å². The van der Waals surface area contributed by atoms with Gasteiger partial charge in [-0.25, -0.2) is 0 Å². The van der Waals surface area contributed by atoms with Crippen molar-refractivity contribution in [2.75, 3.05) is 0 Å². The van der Waals surface area contributed by atoms with Crippen molar-refractivity contribution in [3.05, 3.63) is 16.8 Å². The lowest BCUT2D eigenvalue weighted by molar-refractivity contribution is -0.619. The Balaban J connectivity index is 2.06. The summed E-state index contributed by atoms with van der Waals surface area (Å²) in [6, 6.07) is 0. The monoisotopic (exact) mass is 176 g/mol. The zero-order valence-electron chi connectivity index (χ0n) is 8.05. The van der Waals surface area contributed by atoms with Crippen LogP contribution in [0.4, 0.5) is 0 Å². The van der Waals surface area contributed by atoms with E-state index in [1.165, 1.54) is 50.6 Å². The van der Waals surface area contributed by atoms with Crippen LogP contribution in [0.5, 0.6) is 0 Å². The van der Waals surface area contributed by atoms with Gasteiger partial charge in [0.05, 0.1) is 5.57 Å². The molecule has 13 heavy (non-hydrogen) atoms. The summed E-state index contributed by atoms with van der Waals surface area (Å²) in [5, 5.41) is 0. The van der Waals surface area contributed by atoms with Crippen molar-refractivity contribution in [2.24, 2.45) is 0 Å². The summed E-state index contributed by atoms with van der Waals surface area (Å²) >= 11 is 0. The highest BCUT2D eigenvalue weighted by Gasteiger charge is 2.56. The average Bonchev–Trinajstić information content (AvgIpc) is 2.37. The second kappa shape index (κ2) is 2.43. The molecule has 0 aromatic carbocycles. The average molecular weight is 176 g/mol. The molecule has 1 spiro atoms. The van der Waals surface area contributed by atoms with Gasteiger partial charge >= 0.3 is 0 Å². The van der Waals surface area contributed by atoms with Crippen LogP contribution in [-0.2, 0) is 0 Å². The highest BCUT2D eigenvalue weighted by molar-refractivity contribution is 5.31. The van der Waals surface area contributed by atoms with Gasteiger partial charge in [0.2, 0.25) is 0 Å². The number of allylic oxidation sites excluding steroid dienone is 1. The third-order valence-electron chi connectivity index (χ3n) is 4.09. The topological polar surface area (TPSA) is 25.3 Å². The first-order chi connectivity index (χ1) is 6.34. The Labute approximate surface area is 79.1 Å². The molecule has 2 aliphatic heterocycles. The number of piperidine rings is 1. The van der Waals surface area contributed by atoms with Crippen molar-refractivity contribution in [1.29, 1.82) is 0 Å². The Morgan fingerprint density at radius 3 is 2.69 bits per heavy atom. The molecular weight excluding hydrogens is 160 g/mol. The molecule has 1 unspecified atom stereocenters. The summed E-state index contributed by atoms with van der Waals surface area (Å²) in [7, 11) is 0. The molecule has 1 saturated heterocycles. The van der Waals surface area contributed by atoms with E-state index < -0.39 is 0 Å². The van der Waals surface area contributed by atoms with E-state index >= 15 is 0 Å². The zero-order valence-corrected chi connectivity index (χ0v) is 8.05. The van der Waals surface area contributed by atoms with Gasteiger partial charge in [0.25, 0.3) is 0 Å². The Bertz CT molecular complexity index is 303. The van der Waals surface area contributed by atoms with E-state index in [0.29, 0.717) is 0 Å². The van der Waals surface area contributed by atoms with E-state index in [1.807, 2.05) is 0 Å². The van der Waals surface area contributed by atoms with Gasteiger partial charge in [-0.15, -0.1) is 0 Å². The summed E-state index contributed by atoms with van der Waals surface area (Å²) in [6.07, 6.45) is 10.1. The second-order valence-electron chi connectivity index (χ2n) is 4.68. The molecule has 2 fully saturated rings. The predicted octanol–water partition coefficient (Wildman–Crippen LogP) is 3.18. The Kier molecular flexibility index (Phi) is 1.44. The predicted molar refractivity (Wildman–Crippen MR) is 50.3 cm³/mol. The largest absolute Gasteiger partial charge is 0.500 e. The van der Waals surface area contributed by atoms with E-state index in [0.717, 1.165) is 6.42 Å². The summed E-state index contributed by atoms with van der Waals surface area (Å²) in [5.41, 5.74) is 12.9. The van der Waals surface area contributed by atoms with Crippen molar-refractivity contribution < 1.29 is 4.70 Å². The van der Waals surface area contributed by atoms with E-state index in [9.17, 15) is 5.53 Å². The van der Waals surface area contributed by atoms with Crippen LogP contribution in [-0.4, -0.2) is 10.2 Å². The first kappa shape index (κ1) is 7.72. The number of hydrogen-bond acceptors (Lipinski definition) is 0. The third kappa shape index (κ3) is 0.792. The molecule has 3 rings (SSSR count). The SMILES string of the molecule is [N-]=[N+]1C2=C3CCCCCC31CCC2. The smallest absolute Gasteiger partial charge is 0.183 e. The normalized spacial score (nSPS) is 38.0. The van der Waals surface area contributed by atoms with E-state index in [4.69, 9.17) is 0 Å². The van der Waals surface area contributed by atoms with E-state index in [2.05, 4.69) is 0 Å². The molecule has 1 aliphatic carbocycles. The second-order valence-corrected chi connectivity index (χ2v) is 4.68. The van der Waals surface area contributed by atoms with Gasteiger partial charge in [-0.1, -0.05) is 6.42 Å². The van der Waals surface area contributed by atoms with Crippen LogP contribution >= 0.6 is 0 Å². The van der Waals surface area contributed by atoms with Crippen molar-refractivity contribution in [3.8, 4) is 0 Å². The van der Waals surface area contributed by atoms with Gasteiger partial charge in [0.15, 0.2) is 11.2 Å². The van der Waals surface area contributed by atoms with E-state index in [-0.39, 0.29) is 5.54 Å². The minimum Gasteiger partial charge on any atom is -0.500 e. The summed E-state index contributed by atoms with van der Waals surface area (Å²) in [6.45, 7) is 0. The van der Waals surface area contributed by atoms with Crippen molar-refractivity contribution in [1.82, 2.24) is 0 Å². The molecule has 2 bridgehead atoms. The molecule has 2 nitrogen and oxygen atoms in total. The Hall–Kier alpha value is -0.660. The number of fused-ring (bicyclic) bond motifs is 1. The molecule has 1 atom stereocenters. The van der Waals surface area contributed by atoms with Crippen LogP contribution in [0, 0.1) is 0 Å². The standard InChI is InChI=1S/C11H16N2/c12-13-10-6-4-8-11(13)7-3-1-2-5-9(10)11/h1-8H2. The van der Waals surface area contributed by atoms with E-state index in [1.54, 1.807) is 10.3 Å². The quantitative estimate of drug-likeness (QED) is 0.506. The van der Waals surface area contributed by atoms with Gasteiger partial charge in [0, 0.05) is 19.3 Å². The number of nitrogens with zero attached hydrogens (tertiary/aromatic N) is 2. The molecule has 2 heterocycles. The number of rotatable bonds is 0. The fourth-order valence-corrected chi connectivity index (χ4v) is 3.45. The molecule has 2 heteroatoms. The maximum absolute atomic E-state index is 9.91. The van der Waals surface area contributed by atoms with Crippen LogP contribution in [0.15, 0.2) is 11.3 Å². The first-order valence-corrected chi connectivity index (χ1v) is 5.56. The van der Waals surface area contributed by atoms with Gasteiger partial charge in [-0.05, 0) is 25.7 Å². The van der Waals surface area contributed by atoms with Gasteiger partial charge in [-0.2, -0.15) is 0 Å². The highest BCUT2D eigenvalue weighted by Crippen LogP contribution is 2.53. The van der Waals surface area contributed by atoms with Crippen molar-refractivity contribution in [3.63, 3.8) is 0 Å². The summed E-state index contributed by atoms with van der Waals surface area (Å²) in [5.74, 6) is 0. The molecule has 3 aliphatic rings. The zero-order chi connectivity index (χ0) is 8.89. The Morgan fingerprint density at radius 2 is 1.85 bits per heavy atom.